The maximum absolute atomic E-state index is 11.5. The van der Waals surface area contributed by atoms with Gasteiger partial charge in [0.25, 0.3) is 0 Å². The molecule has 0 radical (unpaired) electrons. The van der Waals surface area contributed by atoms with E-state index >= 15 is 0 Å². The van der Waals surface area contributed by atoms with E-state index in [0.717, 1.165) is 12.8 Å². The van der Waals surface area contributed by atoms with Gasteiger partial charge in [0.05, 0.1) is 16.6 Å². The Morgan fingerprint density at radius 2 is 2.05 bits per heavy atom. The van der Waals surface area contributed by atoms with Gasteiger partial charge in [0, 0.05) is 0 Å². The lowest BCUT2D eigenvalue weighted by molar-refractivity contribution is -0.139. The molecule has 4 heteroatoms. The van der Waals surface area contributed by atoms with E-state index in [1.165, 1.54) is 19.3 Å². The highest BCUT2D eigenvalue weighted by molar-refractivity contribution is 6.33. The van der Waals surface area contributed by atoms with Crippen LogP contribution in [0.15, 0.2) is 18.2 Å². The molecule has 2 rings (SSSR count). The van der Waals surface area contributed by atoms with E-state index in [4.69, 9.17) is 17.3 Å². The van der Waals surface area contributed by atoms with Crippen molar-refractivity contribution in [1.82, 2.24) is 0 Å². The average Bonchev–Trinajstić information content (AvgIpc) is 2.40. The van der Waals surface area contributed by atoms with Crippen LogP contribution in [0.1, 0.15) is 50.0 Å². The number of halogens is 1. The molecule has 1 fully saturated rings. The lowest BCUT2D eigenvalue weighted by atomic mass is 9.80. The molecule has 104 valence electrons. The van der Waals surface area contributed by atoms with Crippen molar-refractivity contribution in [3.8, 4) is 0 Å². The van der Waals surface area contributed by atoms with Gasteiger partial charge in [-0.15, -0.1) is 0 Å². The van der Waals surface area contributed by atoms with Crippen molar-refractivity contribution in [2.75, 3.05) is 5.73 Å². The number of hydrogen-bond donors (Lipinski definition) is 2. The Bertz CT molecular complexity index is 455. The number of rotatable bonds is 4. The standard InChI is InChI=1S/C15H20ClNO2/c16-13-8-4-7-11(14(13)17)12(15(18)19)9-10-5-2-1-3-6-10/h4,7-8,10,12H,1-3,5-6,9,17H2,(H,18,19). The first kappa shape index (κ1) is 14.2. The highest BCUT2D eigenvalue weighted by Crippen LogP contribution is 2.36. The largest absolute Gasteiger partial charge is 0.481 e. The van der Waals surface area contributed by atoms with Crippen molar-refractivity contribution in [3.63, 3.8) is 0 Å². The van der Waals surface area contributed by atoms with Crippen molar-refractivity contribution in [2.24, 2.45) is 5.92 Å². The number of nitrogens with two attached hydrogens (primary N) is 1. The molecule has 1 aromatic carbocycles. The minimum Gasteiger partial charge on any atom is -0.481 e. The summed E-state index contributed by atoms with van der Waals surface area (Å²) < 4.78 is 0. The van der Waals surface area contributed by atoms with Crippen molar-refractivity contribution in [1.29, 1.82) is 0 Å². The van der Waals surface area contributed by atoms with Crippen molar-refractivity contribution in [3.05, 3.63) is 28.8 Å². The lowest BCUT2D eigenvalue weighted by Crippen LogP contribution is -2.19. The van der Waals surface area contributed by atoms with Crippen molar-refractivity contribution in [2.45, 2.75) is 44.4 Å². The molecule has 0 aliphatic heterocycles. The third-order valence-corrected chi connectivity index (χ3v) is 4.38. The van der Waals surface area contributed by atoms with Gasteiger partial charge in [-0.1, -0.05) is 55.8 Å². The second-order valence-corrected chi connectivity index (χ2v) is 5.78. The van der Waals surface area contributed by atoms with Gasteiger partial charge in [-0.2, -0.15) is 0 Å². The Morgan fingerprint density at radius 1 is 1.37 bits per heavy atom. The molecule has 1 aliphatic carbocycles. The smallest absolute Gasteiger partial charge is 0.311 e. The molecule has 0 saturated heterocycles. The number of hydrogen-bond acceptors (Lipinski definition) is 2. The van der Waals surface area contributed by atoms with E-state index in [9.17, 15) is 9.90 Å². The van der Waals surface area contributed by atoms with Crippen LogP contribution in [0.3, 0.4) is 0 Å². The van der Waals surface area contributed by atoms with Gasteiger partial charge in [0.2, 0.25) is 0 Å². The summed E-state index contributed by atoms with van der Waals surface area (Å²) in [5.41, 5.74) is 7.00. The van der Waals surface area contributed by atoms with Gasteiger partial charge in [0.15, 0.2) is 0 Å². The fourth-order valence-electron chi connectivity index (χ4n) is 2.97. The van der Waals surface area contributed by atoms with E-state index < -0.39 is 11.9 Å². The fourth-order valence-corrected chi connectivity index (χ4v) is 3.16. The number of carboxylic acid groups (broad SMARTS) is 1. The second kappa shape index (κ2) is 6.29. The molecule has 0 amide bonds. The molecule has 0 aromatic heterocycles. The van der Waals surface area contributed by atoms with Gasteiger partial charge >= 0.3 is 5.97 Å². The number of carboxylic acids is 1. The summed E-state index contributed by atoms with van der Waals surface area (Å²) in [5, 5.41) is 9.91. The maximum atomic E-state index is 11.5. The highest BCUT2D eigenvalue weighted by Gasteiger charge is 2.27. The lowest BCUT2D eigenvalue weighted by Gasteiger charge is -2.25. The van der Waals surface area contributed by atoms with Gasteiger partial charge in [-0.25, -0.2) is 0 Å². The Kier molecular flexibility index (Phi) is 4.70. The molecule has 3 nitrogen and oxygen atoms in total. The maximum Gasteiger partial charge on any atom is 0.311 e. The zero-order valence-corrected chi connectivity index (χ0v) is 11.7. The summed E-state index contributed by atoms with van der Waals surface area (Å²) >= 11 is 5.99. The summed E-state index contributed by atoms with van der Waals surface area (Å²) in [6.07, 6.45) is 6.62. The van der Waals surface area contributed by atoms with Gasteiger partial charge < -0.3 is 10.8 Å². The molecule has 1 atom stereocenters. The Labute approximate surface area is 118 Å². The molecule has 1 aromatic rings. The van der Waals surface area contributed by atoms with Crippen LogP contribution in [-0.4, -0.2) is 11.1 Å². The first-order valence-corrected chi connectivity index (χ1v) is 7.24. The van der Waals surface area contributed by atoms with Gasteiger partial charge in [0.1, 0.15) is 0 Å². The van der Waals surface area contributed by atoms with Crippen LogP contribution in [0.2, 0.25) is 5.02 Å². The van der Waals surface area contributed by atoms with E-state index in [1.54, 1.807) is 18.2 Å². The molecule has 0 heterocycles. The van der Waals surface area contributed by atoms with Crippen LogP contribution in [0, 0.1) is 5.92 Å². The molecular weight excluding hydrogens is 262 g/mol. The SMILES string of the molecule is Nc1c(Cl)cccc1C(CC1CCCCC1)C(=O)O. The molecule has 1 saturated carbocycles. The monoisotopic (exact) mass is 281 g/mol. The summed E-state index contributed by atoms with van der Waals surface area (Å²) in [6.45, 7) is 0. The van der Waals surface area contributed by atoms with Crippen LogP contribution < -0.4 is 5.73 Å². The molecule has 3 N–H and O–H groups in total. The summed E-state index contributed by atoms with van der Waals surface area (Å²) in [7, 11) is 0. The second-order valence-electron chi connectivity index (χ2n) is 5.37. The first-order valence-electron chi connectivity index (χ1n) is 6.86. The number of carbonyl (C=O) groups is 1. The average molecular weight is 282 g/mol. The topological polar surface area (TPSA) is 63.3 Å². The Hall–Kier alpha value is -1.22. The fraction of sp³-hybridized carbons (Fsp3) is 0.533. The van der Waals surface area contributed by atoms with Crippen molar-refractivity contribution < 1.29 is 9.90 Å². The molecule has 0 bridgehead atoms. The molecule has 19 heavy (non-hydrogen) atoms. The number of nitrogen functional groups attached to an aromatic ring is 1. The molecule has 1 aliphatic rings. The van der Waals surface area contributed by atoms with E-state index in [0.29, 0.717) is 28.6 Å². The zero-order chi connectivity index (χ0) is 13.8. The molecule has 0 spiro atoms. The third kappa shape index (κ3) is 3.41. The highest BCUT2D eigenvalue weighted by atomic mass is 35.5. The molecule has 1 unspecified atom stereocenters. The zero-order valence-electron chi connectivity index (χ0n) is 10.9. The van der Waals surface area contributed by atoms with E-state index in [2.05, 4.69) is 0 Å². The van der Waals surface area contributed by atoms with E-state index in [-0.39, 0.29) is 0 Å². The van der Waals surface area contributed by atoms with Gasteiger partial charge in [-0.3, -0.25) is 4.79 Å². The van der Waals surface area contributed by atoms with Crippen LogP contribution in [-0.2, 0) is 4.79 Å². The number of aliphatic carboxylic acids is 1. The van der Waals surface area contributed by atoms with Crippen molar-refractivity contribution >= 4 is 23.3 Å². The van der Waals surface area contributed by atoms with E-state index in [1.807, 2.05) is 0 Å². The summed E-state index contributed by atoms with van der Waals surface area (Å²) in [4.78, 5) is 11.5. The number of benzene rings is 1. The minimum absolute atomic E-state index is 0.410. The van der Waals surface area contributed by atoms with Crippen LogP contribution in [0.25, 0.3) is 0 Å². The van der Waals surface area contributed by atoms with Crippen LogP contribution in [0.5, 0.6) is 0 Å². The minimum atomic E-state index is -0.806. The normalized spacial score (nSPS) is 18.2. The number of anilines is 1. The molecular formula is C15H20ClNO2. The Balaban J connectivity index is 2.19. The van der Waals surface area contributed by atoms with Gasteiger partial charge in [-0.05, 0) is 24.0 Å². The third-order valence-electron chi connectivity index (χ3n) is 4.05. The van der Waals surface area contributed by atoms with Crippen LogP contribution in [0.4, 0.5) is 5.69 Å². The number of para-hydroxylation sites is 1. The first-order chi connectivity index (χ1) is 9.09. The quantitative estimate of drug-likeness (QED) is 0.818. The predicted molar refractivity (Wildman–Crippen MR) is 77.4 cm³/mol. The predicted octanol–water partition coefficient (Wildman–Crippen LogP) is 4.06. The van der Waals surface area contributed by atoms with Crippen LogP contribution >= 0.6 is 11.6 Å². The summed E-state index contributed by atoms with van der Waals surface area (Å²) in [5.74, 6) is -0.852. The Morgan fingerprint density at radius 3 is 2.68 bits per heavy atom. The summed E-state index contributed by atoms with van der Waals surface area (Å²) in [6, 6.07) is 5.24.